The molecule has 0 aliphatic carbocycles. The molecule has 0 radical (unpaired) electrons. The summed E-state index contributed by atoms with van der Waals surface area (Å²) in [5.41, 5.74) is 19.6. The first kappa shape index (κ1) is 16.4. The standard InChI is InChI=1S/C21H21ClN2/c1-13-3-9-17(23)11-19(13)21(15-5-7-16(22)8-6-15)20-12-18(24)10-4-14(20)2/h3-12,21H,23-24H2,1-2H3. The van der Waals surface area contributed by atoms with Gasteiger partial charge in [-0.1, -0.05) is 35.9 Å². The maximum Gasteiger partial charge on any atom is 0.0406 e. The lowest BCUT2D eigenvalue weighted by Crippen LogP contribution is -2.08. The molecule has 122 valence electrons. The van der Waals surface area contributed by atoms with Gasteiger partial charge in [0, 0.05) is 22.3 Å². The van der Waals surface area contributed by atoms with Crippen LogP contribution >= 0.6 is 11.6 Å². The summed E-state index contributed by atoms with van der Waals surface area (Å²) in [7, 11) is 0. The Balaban J connectivity index is 2.26. The highest BCUT2D eigenvalue weighted by Crippen LogP contribution is 2.37. The van der Waals surface area contributed by atoms with E-state index in [0.29, 0.717) is 0 Å². The van der Waals surface area contributed by atoms with E-state index in [4.69, 9.17) is 23.1 Å². The fraction of sp³-hybridized carbons (Fsp3) is 0.143. The van der Waals surface area contributed by atoms with E-state index in [0.717, 1.165) is 16.4 Å². The number of halogens is 1. The SMILES string of the molecule is Cc1ccc(N)cc1C(c1ccc(Cl)cc1)c1cc(N)ccc1C. The van der Waals surface area contributed by atoms with E-state index in [1.54, 1.807) is 0 Å². The molecule has 3 rings (SSSR count). The number of hydrogen-bond donors (Lipinski definition) is 2. The third kappa shape index (κ3) is 3.24. The highest BCUT2D eigenvalue weighted by Gasteiger charge is 2.21. The van der Waals surface area contributed by atoms with Gasteiger partial charge < -0.3 is 11.5 Å². The van der Waals surface area contributed by atoms with Crippen LogP contribution in [0.1, 0.15) is 33.7 Å². The van der Waals surface area contributed by atoms with Gasteiger partial charge in [-0.3, -0.25) is 0 Å². The third-order valence-electron chi connectivity index (χ3n) is 4.43. The maximum atomic E-state index is 6.08. The second kappa shape index (κ2) is 6.58. The lowest BCUT2D eigenvalue weighted by atomic mass is 9.81. The molecule has 3 aromatic rings. The van der Waals surface area contributed by atoms with Crippen LogP contribution < -0.4 is 11.5 Å². The molecule has 0 fully saturated rings. The molecule has 0 aliphatic heterocycles. The zero-order valence-corrected chi connectivity index (χ0v) is 14.6. The van der Waals surface area contributed by atoms with Crippen LogP contribution in [0.2, 0.25) is 5.02 Å². The van der Waals surface area contributed by atoms with Crippen LogP contribution in [-0.2, 0) is 0 Å². The summed E-state index contributed by atoms with van der Waals surface area (Å²) in [6.07, 6.45) is 0. The lowest BCUT2D eigenvalue weighted by Gasteiger charge is -2.23. The van der Waals surface area contributed by atoms with Gasteiger partial charge in [0.05, 0.1) is 0 Å². The Hall–Kier alpha value is -2.45. The second-order valence-corrected chi connectivity index (χ2v) is 6.65. The summed E-state index contributed by atoms with van der Waals surface area (Å²) >= 11 is 6.08. The topological polar surface area (TPSA) is 52.0 Å². The predicted molar refractivity (Wildman–Crippen MR) is 104 cm³/mol. The van der Waals surface area contributed by atoms with Gasteiger partial charge in [-0.2, -0.15) is 0 Å². The summed E-state index contributed by atoms with van der Waals surface area (Å²) in [6.45, 7) is 4.22. The minimum atomic E-state index is 0.0641. The van der Waals surface area contributed by atoms with Crippen LogP contribution in [0.15, 0.2) is 60.7 Å². The van der Waals surface area contributed by atoms with E-state index in [1.165, 1.54) is 27.8 Å². The molecular formula is C21H21ClN2. The van der Waals surface area contributed by atoms with Crippen LogP contribution in [0.5, 0.6) is 0 Å². The molecule has 0 spiro atoms. The molecule has 4 N–H and O–H groups in total. The first-order chi connectivity index (χ1) is 11.5. The van der Waals surface area contributed by atoms with Gasteiger partial charge in [-0.15, -0.1) is 0 Å². The number of aryl methyl sites for hydroxylation is 2. The molecule has 0 saturated heterocycles. The van der Waals surface area contributed by atoms with Crippen molar-refractivity contribution >= 4 is 23.0 Å². The Morgan fingerprint density at radius 1 is 0.708 bits per heavy atom. The molecule has 0 saturated carbocycles. The normalized spacial score (nSPS) is 11.0. The molecule has 0 heterocycles. The van der Waals surface area contributed by atoms with Gasteiger partial charge in [0.25, 0.3) is 0 Å². The molecule has 0 unspecified atom stereocenters. The van der Waals surface area contributed by atoms with Crippen LogP contribution in [0.4, 0.5) is 11.4 Å². The first-order valence-electron chi connectivity index (χ1n) is 7.93. The Kier molecular flexibility index (Phi) is 4.50. The van der Waals surface area contributed by atoms with E-state index in [-0.39, 0.29) is 5.92 Å². The predicted octanol–water partition coefficient (Wildman–Crippen LogP) is 5.30. The number of anilines is 2. The van der Waals surface area contributed by atoms with Crippen molar-refractivity contribution < 1.29 is 0 Å². The summed E-state index contributed by atoms with van der Waals surface area (Å²) < 4.78 is 0. The molecule has 0 aliphatic rings. The third-order valence-corrected chi connectivity index (χ3v) is 4.68. The summed E-state index contributed by atoms with van der Waals surface area (Å²) in [4.78, 5) is 0. The maximum absolute atomic E-state index is 6.08. The molecule has 3 heteroatoms. The Bertz CT molecular complexity index is 818. The van der Waals surface area contributed by atoms with Crippen LogP contribution in [0.3, 0.4) is 0 Å². The molecular weight excluding hydrogens is 316 g/mol. The van der Waals surface area contributed by atoms with Gasteiger partial charge in [0.2, 0.25) is 0 Å². The smallest absolute Gasteiger partial charge is 0.0406 e. The van der Waals surface area contributed by atoms with Crippen molar-refractivity contribution in [2.24, 2.45) is 0 Å². The van der Waals surface area contributed by atoms with E-state index >= 15 is 0 Å². The van der Waals surface area contributed by atoms with Crippen LogP contribution in [-0.4, -0.2) is 0 Å². The first-order valence-corrected chi connectivity index (χ1v) is 8.31. The molecule has 0 aromatic heterocycles. The van der Waals surface area contributed by atoms with Crippen molar-refractivity contribution in [3.8, 4) is 0 Å². The number of nitrogens with two attached hydrogens (primary N) is 2. The van der Waals surface area contributed by atoms with E-state index in [2.05, 4.69) is 50.2 Å². The molecule has 3 aromatic carbocycles. The van der Waals surface area contributed by atoms with Crippen molar-refractivity contribution in [3.63, 3.8) is 0 Å². The molecule has 0 amide bonds. The fourth-order valence-corrected chi connectivity index (χ4v) is 3.25. The Morgan fingerprint density at radius 3 is 1.62 bits per heavy atom. The van der Waals surface area contributed by atoms with Crippen molar-refractivity contribution in [1.29, 1.82) is 0 Å². The largest absolute Gasteiger partial charge is 0.399 e. The second-order valence-electron chi connectivity index (χ2n) is 6.22. The minimum absolute atomic E-state index is 0.0641. The van der Waals surface area contributed by atoms with E-state index < -0.39 is 0 Å². The van der Waals surface area contributed by atoms with E-state index in [9.17, 15) is 0 Å². The Labute approximate surface area is 148 Å². The Morgan fingerprint density at radius 2 is 1.17 bits per heavy atom. The monoisotopic (exact) mass is 336 g/mol. The van der Waals surface area contributed by atoms with Crippen LogP contribution in [0.25, 0.3) is 0 Å². The average molecular weight is 337 g/mol. The lowest BCUT2D eigenvalue weighted by molar-refractivity contribution is 0.951. The van der Waals surface area contributed by atoms with Crippen molar-refractivity contribution in [2.45, 2.75) is 19.8 Å². The van der Waals surface area contributed by atoms with E-state index in [1.807, 2.05) is 24.3 Å². The van der Waals surface area contributed by atoms with Crippen molar-refractivity contribution in [3.05, 3.63) is 93.5 Å². The number of hydrogen-bond acceptors (Lipinski definition) is 2. The number of nitrogen functional groups attached to an aromatic ring is 2. The van der Waals surface area contributed by atoms with Gasteiger partial charge in [-0.25, -0.2) is 0 Å². The number of benzene rings is 3. The highest BCUT2D eigenvalue weighted by atomic mass is 35.5. The number of rotatable bonds is 3. The van der Waals surface area contributed by atoms with Gasteiger partial charge in [-0.05, 0) is 78.1 Å². The highest BCUT2D eigenvalue weighted by molar-refractivity contribution is 6.30. The van der Waals surface area contributed by atoms with Crippen molar-refractivity contribution in [1.82, 2.24) is 0 Å². The minimum Gasteiger partial charge on any atom is -0.399 e. The molecule has 24 heavy (non-hydrogen) atoms. The molecule has 2 nitrogen and oxygen atoms in total. The quantitative estimate of drug-likeness (QED) is 0.503. The average Bonchev–Trinajstić information content (AvgIpc) is 2.56. The summed E-state index contributed by atoms with van der Waals surface area (Å²) in [6, 6.07) is 20.1. The summed E-state index contributed by atoms with van der Waals surface area (Å²) in [5.74, 6) is 0.0641. The van der Waals surface area contributed by atoms with Gasteiger partial charge in [0.15, 0.2) is 0 Å². The molecule has 0 bridgehead atoms. The van der Waals surface area contributed by atoms with Crippen LogP contribution in [0, 0.1) is 13.8 Å². The van der Waals surface area contributed by atoms with Gasteiger partial charge >= 0.3 is 0 Å². The van der Waals surface area contributed by atoms with Gasteiger partial charge in [0.1, 0.15) is 0 Å². The molecule has 0 atom stereocenters. The van der Waals surface area contributed by atoms with Crippen molar-refractivity contribution in [2.75, 3.05) is 11.5 Å². The fourth-order valence-electron chi connectivity index (χ4n) is 3.12. The zero-order chi connectivity index (χ0) is 17.3. The zero-order valence-electron chi connectivity index (χ0n) is 13.9. The summed E-state index contributed by atoms with van der Waals surface area (Å²) in [5, 5.41) is 0.728.